The molecule has 4 saturated heterocycles. The number of allylic oxidation sites excluding steroid dienone is 2. The molecule has 0 spiro atoms. The fourth-order valence-corrected chi connectivity index (χ4v) is 12.2. The molecule has 0 amide bonds. The number of hydrogen-bond acceptors (Lipinski definition) is 8. The molecule has 4 fully saturated rings. The standard InChI is InChI=1S/C14H19NO.C14H13NO.C13H18BrN.C13H11NO.C13H17N.C8H8O.C5H5NO.6C2H6.CH4.BrH/c2*1-15-11-5-8-13(15)9-10-14(16)12-6-3-2-4-7-12;14-13(11-5-2-1-3-6-11)9-8-12-7-4-10-15-12;15-13(11-5-2-1-3-6-11)9-8-12-7-4-10-14-12;1-2-5-11(6-3-1)13-9-8-12-7-4-10-14(12)13;1-7(9)8-5-3-2-4-6-8;7-4-5-2-1-3-6-5;6*1-2;;/h2-4,6-7,13H,5,8-11H2,1H3;2-11H,1H3;1-3,5-6,12-13,15H,4,7-10H2;1-10,14H;1-3,5-6,12-13H,4,7-10H2;2-6H,1H3;1-4,6H;6*1-2H3;1H4;1H/b;10-9+;;9-8+;;;;;;;;;;;. The molecule has 578 valence electrons. The number of Topliss-reactive ketones (excluding diaryl/α,β-unsaturated/α-hetero) is 2. The molecular weight excluding hydrogens is 1440 g/mol. The number of ketones is 4. The number of carbonyl (C=O) groups excluding carboxylic acids is 5. The molecule has 0 aliphatic carbocycles. The predicted octanol–water partition coefficient (Wildman–Crippen LogP) is 25.3. The third-order valence-corrected chi connectivity index (χ3v) is 17.8. The molecule has 13 heteroatoms. The Bertz CT molecular complexity index is 3560. The maximum Gasteiger partial charge on any atom is 0.185 e. The third-order valence-electron chi connectivity index (χ3n) is 16.8. The van der Waals surface area contributed by atoms with E-state index in [9.17, 15) is 24.0 Å². The van der Waals surface area contributed by atoms with Crippen LogP contribution in [0.5, 0.6) is 0 Å². The number of rotatable bonds is 17. The highest BCUT2D eigenvalue weighted by molar-refractivity contribution is 9.09. The van der Waals surface area contributed by atoms with Crippen molar-refractivity contribution in [3.05, 3.63) is 300 Å². The summed E-state index contributed by atoms with van der Waals surface area (Å²) in [5, 5.41) is 3.54. The number of aldehydes is 1. The van der Waals surface area contributed by atoms with Crippen molar-refractivity contribution in [2.24, 2.45) is 7.05 Å². The highest BCUT2D eigenvalue weighted by Gasteiger charge is 2.37. The summed E-state index contributed by atoms with van der Waals surface area (Å²) in [4.78, 5) is 67.1. The summed E-state index contributed by atoms with van der Waals surface area (Å²) in [5.74, 6) is 0.448. The van der Waals surface area contributed by atoms with Crippen LogP contribution >= 0.6 is 32.9 Å². The van der Waals surface area contributed by atoms with Gasteiger partial charge in [0.2, 0.25) is 0 Å². The minimum atomic E-state index is 0. The van der Waals surface area contributed by atoms with E-state index < -0.39 is 0 Å². The first-order valence-corrected chi connectivity index (χ1v) is 39.3. The van der Waals surface area contributed by atoms with E-state index in [0.717, 1.165) is 53.3 Å². The van der Waals surface area contributed by atoms with Crippen LogP contribution in [0.15, 0.2) is 249 Å². The minimum absolute atomic E-state index is 0. The van der Waals surface area contributed by atoms with E-state index in [1.54, 1.807) is 55.6 Å². The maximum absolute atomic E-state index is 11.9. The van der Waals surface area contributed by atoms with Gasteiger partial charge in [-0.3, -0.25) is 28.9 Å². The first-order valence-electron chi connectivity index (χ1n) is 38.4. The zero-order valence-electron chi connectivity index (χ0n) is 66.1. The van der Waals surface area contributed by atoms with E-state index >= 15 is 0 Å². The van der Waals surface area contributed by atoms with Crippen molar-refractivity contribution in [3.8, 4) is 0 Å². The maximum atomic E-state index is 11.9. The van der Waals surface area contributed by atoms with Crippen molar-refractivity contribution in [2.75, 3.05) is 26.7 Å². The number of carbonyl (C=O) groups is 5. The topological polar surface area (TPSA) is 140 Å². The van der Waals surface area contributed by atoms with Crippen LogP contribution in [-0.2, 0) is 7.05 Å². The molecule has 5 unspecified atom stereocenters. The lowest BCUT2D eigenvalue weighted by atomic mass is 10.0. The first kappa shape index (κ1) is 99.9. The number of aromatic amines is 2. The largest absolute Gasteiger partial charge is 0.362 e. The van der Waals surface area contributed by atoms with Crippen molar-refractivity contribution in [1.82, 2.24) is 29.7 Å². The van der Waals surface area contributed by atoms with E-state index in [0.29, 0.717) is 34.1 Å². The average molecular weight is 1570 g/mol. The van der Waals surface area contributed by atoms with Gasteiger partial charge < -0.3 is 24.8 Å². The molecule has 3 aromatic heterocycles. The lowest BCUT2D eigenvalue weighted by Crippen LogP contribution is -2.25. The molecule has 3 N–H and O–H groups in total. The van der Waals surface area contributed by atoms with Gasteiger partial charge in [0.15, 0.2) is 29.4 Å². The Morgan fingerprint density at radius 2 is 0.972 bits per heavy atom. The fraction of sp³-hybridized carbons (Fsp3) is 0.387. The molecule has 106 heavy (non-hydrogen) atoms. The van der Waals surface area contributed by atoms with Crippen LogP contribution in [0.1, 0.15) is 260 Å². The number of nitrogens with zero attached hydrogens (tertiary/aromatic N) is 3. The molecule has 4 aliphatic rings. The number of aromatic nitrogens is 3. The molecule has 11 nitrogen and oxygen atoms in total. The molecule has 13 rings (SSSR count). The van der Waals surface area contributed by atoms with Gasteiger partial charge in [-0.15, -0.1) is 17.0 Å². The fourth-order valence-electron chi connectivity index (χ4n) is 11.6. The molecule has 7 heterocycles. The number of nitrogens with one attached hydrogen (secondary N) is 3. The summed E-state index contributed by atoms with van der Waals surface area (Å²) < 4.78 is 1.97. The molecule has 0 radical (unpaired) electrons. The van der Waals surface area contributed by atoms with Crippen molar-refractivity contribution >= 4 is 74.5 Å². The minimum Gasteiger partial charge on any atom is -0.362 e. The third kappa shape index (κ3) is 40.5. The van der Waals surface area contributed by atoms with Gasteiger partial charge >= 0.3 is 0 Å². The molecular formula is C93H132Br2N6O5. The zero-order chi connectivity index (χ0) is 77.0. The molecule has 4 aliphatic heterocycles. The second-order valence-electron chi connectivity index (χ2n) is 23.4. The predicted molar refractivity (Wildman–Crippen MR) is 466 cm³/mol. The van der Waals surface area contributed by atoms with Gasteiger partial charge in [0.1, 0.15) is 0 Å². The quantitative estimate of drug-likeness (QED) is 0.0354. The van der Waals surface area contributed by atoms with Crippen molar-refractivity contribution in [2.45, 2.75) is 203 Å². The Labute approximate surface area is 660 Å². The van der Waals surface area contributed by atoms with Gasteiger partial charge in [0.05, 0.1) is 5.69 Å². The number of hydrogen-bond donors (Lipinski definition) is 3. The summed E-state index contributed by atoms with van der Waals surface area (Å²) in [6.07, 6.45) is 28.1. The molecule has 0 saturated carbocycles. The van der Waals surface area contributed by atoms with Crippen LogP contribution in [0.25, 0.3) is 12.2 Å². The second kappa shape index (κ2) is 65.1. The summed E-state index contributed by atoms with van der Waals surface area (Å²) in [7, 11) is 4.11. The number of H-pyrrole nitrogens is 2. The van der Waals surface area contributed by atoms with Gasteiger partial charge in [0.25, 0.3) is 0 Å². The van der Waals surface area contributed by atoms with E-state index in [1.807, 2.05) is 247 Å². The SMILES string of the molecule is Br.BrC(CCC1CCCN1)c1ccccc1.C.CC.CC.CC.CC.CC.CC.CC(=O)c1ccccc1.CN1CCCC1CCC(=O)c1ccccc1.Cn1cccc1/C=C/C(=O)c1ccccc1.O=C(/C=C/c1ccc[nH]1)c1ccccc1.O=Cc1ccc[nH]1.c1ccc(C2CCC3CCCN32)cc1. The highest BCUT2D eigenvalue weighted by Crippen LogP contribution is 2.41. The zero-order valence-corrected chi connectivity index (χ0v) is 69.4. The number of fused-ring (bicyclic) bond motifs is 1. The van der Waals surface area contributed by atoms with Gasteiger partial charge in [-0.2, -0.15) is 0 Å². The van der Waals surface area contributed by atoms with Crippen molar-refractivity contribution in [3.63, 3.8) is 0 Å². The molecule has 9 aromatic rings. The van der Waals surface area contributed by atoms with E-state index in [4.69, 9.17) is 0 Å². The van der Waals surface area contributed by atoms with Gasteiger partial charge in [-0.1, -0.05) is 288 Å². The summed E-state index contributed by atoms with van der Waals surface area (Å²) in [5.41, 5.74) is 8.55. The van der Waals surface area contributed by atoms with Crippen LogP contribution in [0.2, 0.25) is 0 Å². The number of benzene rings is 6. The van der Waals surface area contributed by atoms with Crippen LogP contribution in [-0.4, -0.2) is 98.6 Å². The average Bonchev–Trinajstić information content (AvgIpc) is 1.66. The molecule has 5 atom stereocenters. The number of aryl methyl sites for hydroxylation is 1. The molecule has 0 bridgehead atoms. The normalized spacial score (nSPS) is 15.5. The molecule has 6 aromatic carbocycles. The van der Waals surface area contributed by atoms with Gasteiger partial charge in [-0.05, 0) is 176 Å². The van der Waals surface area contributed by atoms with Crippen LogP contribution < -0.4 is 5.32 Å². The number of halogens is 2. The number of alkyl halides is 1. The summed E-state index contributed by atoms with van der Waals surface area (Å²) in [6, 6.07) is 73.2. The lowest BCUT2D eigenvalue weighted by molar-refractivity contribution is 0.0967. The lowest BCUT2D eigenvalue weighted by Gasteiger charge is -2.23. The second-order valence-corrected chi connectivity index (χ2v) is 24.5. The Morgan fingerprint density at radius 1 is 0.500 bits per heavy atom. The first-order chi connectivity index (χ1) is 50.9. The Balaban J connectivity index is 0. The summed E-state index contributed by atoms with van der Waals surface area (Å²) >= 11 is 3.77. The van der Waals surface area contributed by atoms with Crippen LogP contribution in [0.4, 0.5) is 0 Å². The summed E-state index contributed by atoms with van der Waals surface area (Å²) in [6.45, 7) is 29.3. The van der Waals surface area contributed by atoms with E-state index in [1.165, 1.54) is 95.0 Å². The Hall–Kier alpha value is -8.17. The van der Waals surface area contributed by atoms with Crippen LogP contribution in [0.3, 0.4) is 0 Å². The smallest absolute Gasteiger partial charge is 0.185 e. The van der Waals surface area contributed by atoms with Gasteiger partial charge in [0, 0.05) is 94.7 Å². The van der Waals surface area contributed by atoms with Crippen molar-refractivity contribution < 1.29 is 24.0 Å². The van der Waals surface area contributed by atoms with E-state index in [-0.39, 0.29) is 47.5 Å². The Morgan fingerprint density at radius 3 is 1.40 bits per heavy atom. The van der Waals surface area contributed by atoms with Crippen LogP contribution in [0, 0.1) is 0 Å². The number of likely N-dealkylation sites (tertiary alicyclic amines) is 1. The van der Waals surface area contributed by atoms with E-state index in [2.05, 4.69) is 109 Å². The van der Waals surface area contributed by atoms with Crippen molar-refractivity contribution in [1.29, 1.82) is 0 Å². The Kier molecular flexibility index (Phi) is 61.4. The highest BCUT2D eigenvalue weighted by atomic mass is 79.9. The van der Waals surface area contributed by atoms with Gasteiger partial charge in [-0.25, -0.2) is 0 Å². The monoisotopic (exact) mass is 1570 g/mol.